The average Bonchev–Trinajstić information content (AvgIpc) is 2.29. The standard InChI is InChI=1S/C12H13B2NO2/c1-8-6-17-7-11(13)15(8)10-4-2-9(3-5-10)12(14)16/h2-5,8,11H,6-7H2,1H3. The fourth-order valence-electron chi connectivity index (χ4n) is 2.09. The van der Waals surface area contributed by atoms with Gasteiger partial charge in [-0.3, -0.25) is 0 Å². The number of rotatable bonds is 2. The monoisotopic (exact) mass is 225 g/mol. The highest BCUT2D eigenvalue weighted by Gasteiger charge is 2.24. The number of carbonyl (C=O) groups is 1. The SMILES string of the molecule is [B]C(=O)c1ccc(N2C([B])COCC2C)cc1. The first-order chi connectivity index (χ1) is 8.09. The Morgan fingerprint density at radius 2 is 2.00 bits per heavy atom. The van der Waals surface area contributed by atoms with E-state index in [0.717, 1.165) is 5.69 Å². The second kappa shape index (κ2) is 4.96. The molecule has 0 saturated carbocycles. The van der Waals surface area contributed by atoms with Crippen LogP contribution in [-0.4, -0.2) is 46.6 Å². The molecule has 2 atom stereocenters. The first kappa shape index (κ1) is 12.2. The molecule has 5 heteroatoms. The first-order valence-electron chi connectivity index (χ1n) is 5.61. The van der Waals surface area contributed by atoms with Crippen molar-refractivity contribution in [2.75, 3.05) is 18.1 Å². The Labute approximate surface area is 104 Å². The number of anilines is 1. The summed E-state index contributed by atoms with van der Waals surface area (Å²) in [7, 11) is 11.2. The molecule has 3 nitrogen and oxygen atoms in total. The molecule has 1 aliphatic rings. The third-order valence-electron chi connectivity index (χ3n) is 2.93. The molecule has 0 N–H and O–H groups in total. The third kappa shape index (κ3) is 2.55. The summed E-state index contributed by atoms with van der Waals surface area (Å²) in [6.07, 6.45) is 0. The van der Waals surface area contributed by atoms with E-state index >= 15 is 0 Å². The molecule has 1 heterocycles. The van der Waals surface area contributed by atoms with Gasteiger partial charge in [-0.15, -0.1) is 0 Å². The molecular formula is C12H13B2NO2. The quantitative estimate of drug-likeness (QED) is 0.694. The zero-order valence-corrected chi connectivity index (χ0v) is 9.80. The van der Waals surface area contributed by atoms with Crippen molar-refractivity contribution in [1.29, 1.82) is 0 Å². The van der Waals surface area contributed by atoms with Gasteiger partial charge in [-0.1, -0.05) is 12.1 Å². The maximum atomic E-state index is 11.0. The van der Waals surface area contributed by atoms with E-state index < -0.39 is 5.68 Å². The molecule has 0 amide bonds. The number of nitrogens with zero attached hydrogens (tertiary/aromatic N) is 1. The Morgan fingerprint density at radius 3 is 2.53 bits per heavy atom. The maximum Gasteiger partial charge on any atom is 0.175 e. The zero-order chi connectivity index (χ0) is 12.4. The van der Waals surface area contributed by atoms with Crippen LogP contribution in [0.25, 0.3) is 0 Å². The summed E-state index contributed by atoms with van der Waals surface area (Å²) in [4.78, 5) is 13.1. The van der Waals surface area contributed by atoms with Gasteiger partial charge in [-0.2, -0.15) is 0 Å². The molecule has 4 radical (unpaired) electrons. The van der Waals surface area contributed by atoms with Gasteiger partial charge in [-0.05, 0) is 19.1 Å². The summed E-state index contributed by atoms with van der Waals surface area (Å²) in [6, 6.07) is 7.38. The van der Waals surface area contributed by atoms with Crippen LogP contribution < -0.4 is 4.90 Å². The van der Waals surface area contributed by atoms with Crippen LogP contribution in [-0.2, 0) is 4.74 Å². The summed E-state index contributed by atoms with van der Waals surface area (Å²) >= 11 is 0. The number of carbonyl (C=O) groups excluding carboxylic acids is 1. The molecule has 84 valence electrons. The predicted octanol–water partition coefficient (Wildman–Crippen LogP) is 0.715. The molecule has 1 aliphatic heterocycles. The number of morpholine rings is 1. The van der Waals surface area contributed by atoms with E-state index in [2.05, 4.69) is 11.8 Å². The minimum atomic E-state index is -0.420. The van der Waals surface area contributed by atoms with Gasteiger partial charge in [0.05, 0.1) is 13.2 Å². The largest absolute Gasteiger partial charge is 0.378 e. The highest BCUT2D eigenvalue weighted by Crippen LogP contribution is 2.22. The van der Waals surface area contributed by atoms with Crippen molar-refractivity contribution >= 4 is 27.1 Å². The van der Waals surface area contributed by atoms with E-state index in [1.165, 1.54) is 0 Å². The second-order valence-corrected chi connectivity index (χ2v) is 4.27. The Hall–Kier alpha value is -1.22. The van der Waals surface area contributed by atoms with Gasteiger partial charge in [0.15, 0.2) is 7.85 Å². The van der Waals surface area contributed by atoms with Gasteiger partial charge in [0.2, 0.25) is 0 Å². The van der Waals surface area contributed by atoms with Crippen molar-refractivity contribution in [3.05, 3.63) is 29.8 Å². The second-order valence-electron chi connectivity index (χ2n) is 4.27. The molecular weight excluding hydrogens is 212 g/mol. The maximum absolute atomic E-state index is 11.0. The molecule has 0 bridgehead atoms. The molecule has 2 unspecified atom stereocenters. The van der Waals surface area contributed by atoms with E-state index in [0.29, 0.717) is 18.8 Å². The molecule has 0 spiro atoms. The number of hydrogen-bond acceptors (Lipinski definition) is 3. The molecule has 2 rings (SSSR count). The van der Waals surface area contributed by atoms with Gasteiger partial charge < -0.3 is 14.4 Å². The highest BCUT2D eigenvalue weighted by molar-refractivity contribution is 6.62. The van der Waals surface area contributed by atoms with Crippen LogP contribution in [0, 0.1) is 0 Å². The summed E-state index contributed by atoms with van der Waals surface area (Å²) < 4.78 is 5.37. The molecule has 0 aliphatic carbocycles. The van der Waals surface area contributed by atoms with Crippen molar-refractivity contribution in [3.63, 3.8) is 0 Å². The Balaban J connectivity index is 2.23. The van der Waals surface area contributed by atoms with Crippen LogP contribution >= 0.6 is 0 Å². The molecule has 1 saturated heterocycles. The summed E-state index contributed by atoms with van der Waals surface area (Å²) in [5, 5.41) is 0. The fourth-order valence-corrected chi connectivity index (χ4v) is 2.09. The lowest BCUT2D eigenvalue weighted by molar-refractivity contribution is 0.0895. The smallest absolute Gasteiger partial charge is 0.175 e. The minimum Gasteiger partial charge on any atom is -0.378 e. The van der Waals surface area contributed by atoms with Crippen molar-refractivity contribution < 1.29 is 9.53 Å². The number of benzene rings is 1. The lowest BCUT2D eigenvalue weighted by Gasteiger charge is -2.41. The van der Waals surface area contributed by atoms with Crippen molar-refractivity contribution in [1.82, 2.24) is 0 Å². The van der Waals surface area contributed by atoms with Gasteiger partial charge in [0.1, 0.15) is 13.5 Å². The van der Waals surface area contributed by atoms with Gasteiger partial charge in [0.25, 0.3) is 0 Å². The van der Waals surface area contributed by atoms with Crippen LogP contribution in [0.5, 0.6) is 0 Å². The van der Waals surface area contributed by atoms with E-state index in [9.17, 15) is 4.79 Å². The van der Waals surface area contributed by atoms with Crippen molar-refractivity contribution in [2.45, 2.75) is 18.9 Å². The van der Waals surface area contributed by atoms with Crippen LogP contribution in [0.4, 0.5) is 5.69 Å². The van der Waals surface area contributed by atoms with E-state index in [-0.39, 0.29) is 12.0 Å². The van der Waals surface area contributed by atoms with Gasteiger partial charge in [0, 0.05) is 23.2 Å². The van der Waals surface area contributed by atoms with Crippen LogP contribution in [0.2, 0.25) is 0 Å². The third-order valence-corrected chi connectivity index (χ3v) is 2.93. The van der Waals surface area contributed by atoms with E-state index in [4.69, 9.17) is 20.4 Å². The van der Waals surface area contributed by atoms with Crippen LogP contribution in [0.15, 0.2) is 24.3 Å². The lowest BCUT2D eigenvalue weighted by Crippen LogP contribution is -2.51. The molecule has 17 heavy (non-hydrogen) atoms. The topological polar surface area (TPSA) is 29.5 Å². The molecule has 0 aromatic heterocycles. The van der Waals surface area contributed by atoms with E-state index in [1.54, 1.807) is 12.1 Å². The Kier molecular flexibility index (Phi) is 3.57. The lowest BCUT2D eigenvalue weighted by atomic mass is 9.91. The summed E-state index contributed by atoms with van der Waals surface area (Å²) in [5.41, 5.74) is 1.07. The van der Waals surface area contributed by atoms with Gasteiger partial charge >= 0.3 is 0 Å². The summed E-state index contributed by atoms with van der Waals surface area (Å²) in [5.74, 6) is -0.154. The minimum absolute atomic E-state index is 0.154. The zero-order valence-electron chi connectivity index (χ0n) is 9.80. The van der Waals surface area contributed by atoms with E-state index in [1.807, 2.05) is 12.1 Å². The Morgan fingerprint density at radius 1 is 1.35 bits per heavy atom. The van der Waals surface area contributed by atoms with Crippen molar-refractivity contribution in [3.8, 4) is 0 Å². The number of ether oxygens (including phenoxy) is 1. The highest BCUT2D eigenvalue weighted by atomic mass is 16.5. The van der Waals surface area contributed by atoms with Crippen LogP contribution in [0.3, 0.4) is 0 Å². The fraction of sp³-hybridized carbons (Fsp3) is 0.417. The Bertz CT molecular complexity index is 397. The number of hydrogen-bond donors (Lipinski definition) is 0. The molecule has 1 aromatic rings. The average molecular weight is 225 g/mol. The van der Waals surface area contributed by atoms with Crippen molar-refractivity contribution in [2.24, 2.45) is 0 Å². The normalized spacial score (nSPS) is 24.6. The van der Waals surface area contributed by atoms with Gasteiger partial charge in [-0.25, -0.2) is 0 Å². The summed E-state index contributed by atoms with van der Waals surface area (Å²) in [6.45, 7) is 3.23. The van der Waals surface area contributed by atoms with Crippen LogP contribution in [0.1, 0.15) is 17.3 Å². The molecule has 1 aromatic carbocycles. The molecule has 1 fully saturated rings. The first-order valence-corrected chi connectivity index (χ1v) is 5.61. The predicted molar refractivity (Wildman–Crippen MR) is 68.8 cm³/mol.